The van der Waals surface area contributed by atoms with E-state index in [0.717, 1.165) is 30.1 Å². The van der Waals surface area contributed by atoms with E-state index in [2.05, 4.69) is 23.6 Å². The zero-order valence-corrected chi connectivity index (χ0v) is 13.8. The van der Waals surface area contributed by atoms with Gasteiger partial charge in [0.1, 0.15) is 17.1 Å². The lowest BCUT2D eigenvalue weighted by atomic mass is 10.1. The summed E-state index contributed by atoms with van der Waals surface area (Å²) in [5.74, 6) is 2.55. The largest absolute Gasteiger partial charge is 0.489 e. The fraction of sp³-hybridized carbons (Fsp3) is 0.588. The number of nitrogens with zero attached hydrogens (tertiary/aromatic N) is 2. The van der Waals surface area contributed by atoms with Crippen LogP contribution in [0, 0.1) is 5.41 Å². The van der Waals surface area contributed by atoms with Crippen LogP contribution in [-0.4, -0.2) is 21.5 Å². The molecule has 1 aromatic heterocycles. The van der Waals surface area contributed by atoms with Gasteiger partial charge in [-0.25, -0.2) is 4.98 Å². The van der Waals surface area contributed by atoms with E-state index in [1.165, 1.54) is 18.4 Å². The first-order valence-electron chi connectivity index (χ1n) is 7.73. The highest BCUT2D eigenvalue weighted by molar-refractivity contribution is 6.17. The van der Waals surface area contributed by atoms with Gasteiger partial charge in [-0.2, -0.15) is 0 Å². The van der Waals surface area contributed by atoms with Crippen molar-refractivity contribution in [2.24, 2.45) is 5.41 Å². The molecule has 0 amide bonds. The summed E-state index contributed by atoms with van der Waals surface area (Å²) in [7, 11) is 0. The monoisotopic (exact) mass is 306 g/mol. The Morgan fingerprint density at radius 2 is 2.14 bits per heavy atom. The van der Waals surface area contributed by atoms with Crippen molar-refractivity contribution in [3.8, 4) is 5.75 Å². The number of imidazole rings is 1. The van der Waals surface area contributed by atoms with Crippen molar-refractivity contribution in [1.29, 1.82) is 0 Å². The standard InChI is InChI=1S/C17H23ClN2O/c1-12(2)21-14-6-4-5-13-16(14)19-15(7-10-18)20(13)11-17(3)8-9-17/h4-6,12H,7-11H2,1-3H3. The van der Waals surface area contributed by atoms with Crippen LogP contribution in [-0.2, 0) is 13.0 Å². The Hall–Kier alpha value is -1.22. The average Bonchev–Trinajstić information content (AvgIpc) is 3.05. The number of aromatic nitrogens is 2. The highest BCUT2D eigenvalue weighted by Crippen LogP contribution is 2.47. The smallest absolute Gasteiger partial charge is 0.147 e. The molecule has 21 heavy (non-hydrogen) atoms. The van der Waals surface area contributed by atoms with Crippen molar-refractivity contribution in [3.05, 3.63) is 24.0 Å². The predicted octanol–water partition coefficient (Wildman–Crippen LogP) is 4.40. The molecule has 3 rings (SSSR count). The van der Waals surface area contributed by atoms with Gasteiger partial charge in [-0.1, -0.05) is 13.0 Å². The van der Waals surface area contributed by atoms with Crippen LogP contribution in [0.5, 0.6) is 5.75 Å². The second kappa shape index (κ2) is 5.53. The van der Waals surface area contributed by atoms with Gasteiger partial charge in [0.2, 0.25) is 0 Å². The third-order valence-corrected chi connectivity index (χ3v) is 4.33. The van der Waals surface area contributed by atoms with E-state index in [1.807, 2.05) is 19.9 Å². The quantitative estimate of drug-likeness (QED) is 0.739. The topological polar surface area (TPSA) is 27.1 Å². The van der Waals surface area contributed by atoms with Crippen molar-refractivity contribution in [3.63, 3.8) is 0 Å². The molecule has 2 aromatic rings. The van der Waals surface area contributed by atoms with Crippen LogP contribution < -0.4 is 4.74 Å². The molecule has 1 fully saturated rings. The molecule has 4 heteroatoms. The predicted molar refractivity (Wildman–Crippen MR) is 87.3 cm³/mol. The van der Waals surface area contributed by atoms with Crippen LogP contribution in [0.4, 0.5) is 0 Å². The Balaban J connectivity index is 2.07. The minimum absolute atomic E-state index is 0.151. The SMILES string of the molecule is CC(C)Oc1cccc2c1nc(CCCl)n2CC1(C)CC1. The molecule has 0 spiro atoms. The summed E-state index contributed by atoms with van der Waals surface area (Å²) in [6, 6.07) is 6.19. The lowest BCUT2D eigenvalue weighted by molar-refractivity contribution is 0.245. The number of benzene rings is 1. The molecule has 0 radical (unpaired) electrons. The van der Waals surface area contributed by atoms with Crippen LogP contribution in [0.15, 0.2) is 18.2 Å². The molecule has 0 saturated heterocycles. The first-order chi connectivity index (χ1) is 10.0. The Kier molecular flexibility index (Phi) is 3.87. The fourth-order valence-corrected chi connectivity index (χ4v) is 2.89. The maximum Gasteiger partial charge on any atom is 0.147 e. The van der Waals surface area contributed by atoms with Gasteiger partial charge in [0.15, 0.2) is 0 Å². The summed E-state index contributed by atoms with van der Waals surface area (Å²) < 4.78 is 8.26. The van der Waals surface area contributed by atoms with Gasteiger partial charge >= 0.3 is 0 Å². The Morgan fingerprint density at radius 1 is 1.38 bits per heavy atom. The van der Waals surface area contributed by atoms with E-state index in [-0.39, 0.29) is 6.10 Å². The molecule has 1 heterocycles. The molecule has 1 aliphatic carbocycles. The van der Waals surface area contributed by atoms with Gasteiger partial charge in [0.05, 0.1) is 11.6 Å². The van der Waals surface area contributed by atoms with Crippen LogP contribution in [0.25, 0.3) is 11.0 Å². The normalized spacial score (nSPS) is 16.6. The van der Waals surface area contributed by atoms with Gasteiger partial charge in [0, 0.05) is 18.8 Å². The molecule has 3 nitrogen and oxygen atoms in total. The van der Waals surface area contributed by atoms with Gasteiger partial charge in [0.25, 0.3) is 0 Å². The molecule has 1 aromatic carbocycles. The van der Waals surface area contributed by atoms with E-state index in [1.54, 1.807) is 0 Å². The zero-order valence-electron chi connectivity index (χ0n) is 13.0. The fourth-order valence-electron chi connectivity index (χ4n) is 2.72. The lowest BCUT2D eigenvalue weighted by Gasteiger charge is -2.14. The average molecular weight is 307 g/mol. The third-order valence-electron chi connectivity index (χ3n) is 4.15. The Morgan fingerprint density at radius 3 is 2.76 bits per heavy atom. The molecule has 0 bridgehead atoms. The van der Waals surface area contributed by atoms with Crippen LogP contribution in [0.3, 0.4) is 0 Å². The summed E-state index contributed by atoms with van der Waals surface area (Å²) in [6.45, 7) is 7.46. The maximum atomic E-state index is 5.96. The van der Waals surface area contributed by atoms with Crippen molar-refractivity contribution >= 4 is 22.6 Å². The van der Waals surface area contributed by atoms with E-state index < -0.39 is 0 Å². The number of aryl methyl sites for hydroxylation is 1. The summed E-state index contributed by atoms with van der Waals surface area (Å²) in [6.07, 6.45) is 3.55. The van der Waals surface area contributed by atoms with Gasteiger partial charge in [-0.3, -0.25) is 0 Å². The molecular weight excluding hydrogens is 284 g/mol. The van der Waals surface area contributed by atoms with Crippen molar-refractivity contribution in [2.75, 3.05) is 5.88 Å². The third kappa shape index (κ3) is 3.03. The lowest BCUT2D eigenvalue weighted by Crippen LogP contribution is -2.11. The zero-order chi connectivity index (χ0) is 15.0. The van der Waals surface area contributed by atoms with Crippen LogP contribution in [0.2, 0.25) is 0 Å². The number of rotatable bonds is 6. The van der Waals surface area contributed by atoms with Crippen molar-refractivity contribution < 1.29 is 4.74 Å². The van der Waals surface area contributed by atoms with Gasteiger partial charge < -0.3 is 9.30 Å². The number of halogens is 1. The highest BCUT2D eigenvalue weighted by atomic mass is 35.5. The van der Waals surface area contributed by atoms with Crippen LogP contribution in [0.1, 0.15) is 39.4 Å². The van der Waals surface area contributed by atoms with E-state index >= 15 is 0 Å². The minimum atomic E-state index is 0.151. The Bertz CT molecular complexity index is 644. The molecular formula is C17H23ClN2O. The van der Waals surface area contributed by atoms with Gasteiger partial charge in [-0.15, -0.1) is 11.6 Å². The maximum absolute atomic E-state index is 5.96. The van der Waals surface area contributed by atoms with E-state index in [9.17, 15) is 0 Å². The van der Waals surface area contributed by atoms with Crippen molar-refractivity contribution in [1.82, 2.24) is 9.55 Å². The summed E-state index contributed by atoms with van der Waals surface area (Å²) in [5.41, 5.74) is 2.57. The number of alkyl halides is 1. The molecule has 1 aliphatic rings. The first-order valence-corrected chi connectivity index (χ1v) is 8.27. The number of hydrogen-bond donors (Lipinski definition) is 0. The number of ether oxygens (including phenoxy) is 1. The Labute approximate surface area is 131 Å². The van der Waals surface area contributed by atoms with Gasteiger partial charge in [-0.05, 0) is 44.2 Å². The molecule has 0 unspecified atom stereocenters. The highest BCUT2D eigenvalue weighted by Gasteiger charge is 2.38. The first kappa shape index (κ1) is 14.7. The number of para-hydroxylation sites is 1. The summed E-state index contributed by atoms with van der Waals surface area (Å²) in [4.78, 5) is 4.82. The van der Waals surface area contributed by atoms with E-state index in [4.69, 9.17) is 21.3 Å². The second-order valence-electron chi connectivity index (χ2n) is 6.65. The second-order valence-corrected chi connectivity index (χ2v) is 7.03. The molecule has 0 aliphatic heterocycles. The molecule has 114 valence electrons. The molecule has 1 saturated carbocycles. The van der Waals surface area contributed by atoms with E-state index in [0.29, 0.717) is 11.3 Å². The number of fused-ring (bicyclic) bond motifs is 1. The van der Waals surface area contributed by atoms with Crippen LogP contribution >= 0.6 is 11.6 Å². The summed E-state index contributed by atoms with van der Waals surface area (Å²) >= 11 is 5.96. The minimum Gasteiger partial charge on any atom is -0.489 e. The molecule has 0 atom stereocenters. The summed E-state index contributed by atoms with van der Waals surface area (Å²) in [5, 5.41) is 0. The molecule has 0 N–H and O–H groups in total. The number of hydrogen-bond acceptors (Lipinski definition) is 2. The van der Waals surface area contributed by atoms with Crippen molar-refractivity contribution in [2.45, 2.75) is 52.7 Å².